The van der Waals surface area contributed by atoms with Gasteiger partial charge in [-0.3, -0.25) is 0 Å². The molecule has 0 aliphatic heterocycles. The van der Waals surface area contributed by atoms with E-state index >= 15 is 0 Å². The van der Waals surface area contributed by atoms with Gasteiger partial charge >= 0.3 is 0 Å². The fraction of sp³-hybridized carbons (Fsp3) is 0.143. The summed E-state index contributed by atoms with van der Waals surface area (Å²) in [4.78, 5) is 0.234. The zero-order valence-electron chi connectivity index (χ0n) is 11.2. The second-order valence-electron chi connectivity index (χ2n) is 4.32. The molecule has 0 fully saturated rings. The molecule has 0 aliphatic carbocycles. The molecule has 4 nitrogen and oxygen atoms in total. The summed E-state index contributed by atoms with van der Waals surface area (Å²) in [7, 11) is -2.01. The maximum Gasteiger partial charge on any atom is 0.240 e. The first-order valence-corrected chi connectivity index (χ1v) is 8.79. The van der Waals surface area contributed by atoms with E-state index in [0.29, 0.717) is 11.6 Å². The van der Waals surface area contributed by atoms with Crippen LogP contribution in [0.4, 0.5) is 5.69 Å². The zero-order chi connectivity index (χ0) is 15.5. The Hall–Kier alpha value is -1.08. The molecule has 0 amide bonds. The summed E-state index contributed by atoms with van der Waals surface area (Å²) in [5, 5.41) is 3.88. The molecular weight excluding hydrogens is 376 g/mol. The molecule has 0 unspecified atom stereocenters. The number of hydrogen-bond acceptors (Lipinski definition) is 3. The lowest BCUT2D eigenvalue weighted by Gasteiger charge is -2.09. The van der Waals surface area contributed by atoms with Crippen LogP contribution in [0.3, 0.4) is 0 Å². The van der Waals surface area contributed by atoms with E-state index in [1.165, 1.54) is 7.05 Å². The minimum absolute atomic E-state index is 0.234. The molecule has 2 N–H and O–H groups in total. The number of halogens is 2. The summed E-state index contributed by atoms with van der Waals surface area (Å²) in [5.74, 6) is 0. The van der Waals surface area contributed by atoms with Crippen molar-refractivity contribution in [2.45, 2.75) is 11.4 Å². The second-order valence-corrected chi connectivity index (χ2v) is 7.53. The molecule has 0 aromatic heterocycles. The molecule has 0 spiro atoms. The Morgan fingerprint density at radius 2 is 1.81 bits per heavy atom. The van der Waals surface area contributed by atoms with Crippen LogP contribution in [0.5, 0.6) is 0 Å². The van der Waals surface area contributed by atoms with Gasteiger partial charge < -0.3 is 5.32 Å². The Bertz CT molecular complexity index is 733. The van der Waals surface area contributed by atoms with Gasteiger partial charge in [0.05, 0.1) is 4.90 Å². The van der Waals surface area contributed by atoms with E-state index in [1.807, 2.05) is 18.2 Å². The van der Waals surface area contributed by atoms with Gasteiger partial charge in [0.15, 0.2) is 0 Å². The van der Waals surface area contributed by atoms with Crippen molar-refractivity contribution in [3.8, 4) is 0 Å². The summed E-state index contributed by atoms with van der Waals surface area (Å²) >= 11 is 9.50. The molecule has 2 aromatic carbocycles. The average Bonchev–Trinajstić information content (AvgIpc) is 2.47. The number of rotatable bonds is 5. The van der Waals surface area contributed by atoms with E-state index in [2.05, 4.69) is 26.0 Å². The fourth-order valence-corrected chi connectivity index (χ4v) is 3.20. The molecule has 0 heterocycles. The molecule has 0 saturated heterocycles. The van der Waals surface area contributed by atoms with E-state index in [4.69, 9.17) is 11.6 Å². The van der Waals surface area contributed by atoms with Crippen molar-refractivity contribution in [2.75, 3.05) is 12.4 Å². The van der Waals surface area contributed by atoms with E-state index in [1.54, 1.807) is 24.3 Å². The molecule has 112 valence electrons. The SMILES string of the molecule is CNS(=O)(=O)c1ccc(NCc2ccc(Br)cc2Cl)cc1. The molecule has 0 aliphatic rings. The van der Waals surface area contributed by atoms with Gasteiger partial charge in [0, 0.05) is 21.7 Å². The standard InChI is InChI=1S/C14H14BrClN2O2S/c1-17-21(19,20)13-6-4-12(5-7-13)18-9-10-2-3-11(15)8-14(10)16/h2-8,17-18H,9H2,1H3. The number of nitrogens with one attached hydrogen (secondary N) is 2. The van der Waals surface area contributed by atoms with E-state index in [9.17, 15) is 8.42 Å². The van der Waals surface area contributed by atoms with Crippen LogP contribution >= 0.6 is 27.5 Å². The molecular formula is C14H14BrClN2O2S. The number of benzene rings is 2. The first-order valence-electron chi connectivity index (χ1n) is 6.14. The van der Waals surface area contributed by atoms with Crippen molar-refractivity contribution in [1.29, 1.82) is 0 Å². The van der Waals surface area contributed by atoms with Crippen LogP contribution in [0.2, 0.25) is 5.02 Å². The zero-order valence-corrected chi connectivity index (χ0v) is 14.4. The van der Waals surface area contributed by atoms with Gasteiger partial charge in [-0.25, -0.2) is 13.1 Å². The minimum Gasteiger partial charge on any atom is -0.381 e. The van der Waals surface area contributed by atoms with E-state index < -0.39 is 10.0 Å². The van der Waals surface area contributed by atoms with E-state index in [0.717, 1.165) is 15.7 Å². The molecule has 2 rings (SSSR count). The van der Waals surface area contributed by atoms with Crippen molar-refractivity contribution in [3.05, 3.63) is 57.5 Å². The predicted molar refractivity (Wildman–Crippen MR) is 89.2 cm³/mol. The highest BCUT2D eigenvalue weighted by molar-refractivity contribution is 9.10. The Morgan fingerprint density at radius 1 is 1.14 bits per heavy atom. The lowest BCUT2D eigenvalue weighted by Crippen LogP contribution is -2.18. The summed E-state index contributed by atoms with van der Waals surface area (Å²) < 4.78 is 26.4. The Morgan fingerprint density at radius 3 is 2.38 bits per heavy atom. The molecule has 0 saturated carbocycles. The summed E-state index contributed by atoms with van der Waals surface area (Å²) in [6.45, 7) is 0.560. The van der Waals surface area contributed by atoms with Crippen LogP contribution in [0.25, 0.3) is 0 Å². The summed E-state index contributed by atoms with van der Waals surface area (Å²) in [5.41, 5.74) is 1.79. The predicted octanol–water partition coefficient (Wildman–Crippen LogP) is 3.62. The van der Waals surface area contributed by atoms with Crippen LogP contribution in [0, 0.1) is 0 Å². The number of anilines is 1. The van der Waals surface area contributed by atoms with Gasteiger partial charge in [-0.2, -0.15) is 0 Å². The molecule has 0 radical (unpaired) electrons. The molecule has 0 bridgehead atoms. The van der Waals surface area contributed by atoms with Crippen LogP contribution in [0.1, 0.15) is 5.56 Å². The highest BCUT2D eigenvalue weighted by Gasteiger charge is 2.10. The van der Waals surface area contributed by atoms with Crippen LogP contribution in [-0.4, -0.2) is 15.5 Å². The monoisotopic (exact) mass is 388 g/mol. The third-order valence-electron chi connectivity index (χ3n) is 2.93. The maximum atomic E-state index is 11.6. The lowest BCUT2D eigenvalue weighted by molar-refractivity contribution is 0.588. The second kappa shape index (κ2) is 6.79. The molecule has 7 heteroatoms. The highest BCUT2D eigenvalue weighted by Crippen LogP contribution is 2.22. The fourth-order valence-electron chi connectivity index (χ4n) is 1.73. The molecule has 0 atom stereocenters. The van der Waals surface area contributed by atoms with Gasteiger partial charge in [0.1, 0.15) is 0 Å². The van der Waals surface area contributed by atoms with Gasteiger partial charge in [0.2, 0.25) is 10.0 Å². The van der Waals surface area contributed by atoms with Gasteiger partial charge in [0.25, 0.3) is 0 Å². The number of hydrogen-bond donors (Lipinski definition) is 2. The van der Waals surface area contributed by atoms with E-state index in [-0.39, 0.29) is 4.90 Å². The minimum atomic E-state index is -3.40. The van der Waals surface area contributed by atoms with Crippen LogP contribution in [-0.2, 0) is 16.6 Å². The highest BCUT2D eigenvalue weighted by atomic mass is 79.9. The smallest absolute Gasteiger partial charge is 0.240 e. The third kappa shape index (κ3) is 4.20. The first-order chi connectivity index (χ1) is 9.92. The van der Waals surface area contributed by atoms with Crippen molar-refractivity contribution in [2.24, 2.45) is 0 Å². The average molecular weight is 390 g/mol. The van der Waals surface area contributed by atoms with Gasteiger partial charge in [-0.05, 0) is 49.0 Å². The molecule has 21 heavy (non-hydrogen) atoms. The Labute approximate surface area is 137 Å². The Kier molecular flexibility index (Phi) is 5.27. The van der Waals surface area contributed by atoms with Crippen LogP contribution < -0.4 is 10.0 Å². The van der Waals surface area contributed by atoms with Crippen molar-refractivity contribution in [3.63, 3.8) is 0 Å². The van der Waals surface area contributed by atoms with Gasteiger partial charge in [-0.15, -0.1) is 0 Å². The normalized spacial score (nSPS) is 11.4. The molecule has 2 aromatic rings. The van der Waals surface area contributed by atoms with Crippen LogP contribution in [0.15, 0.2) is 51.8 Å². The largest absolute Gasteiger partial charge is 0.381 e. The summed E-state index contributed by atoms with van der Waals surface area (Å²) in [6.07, 6.45) is 0. The van der Waals surface area contributed by atoms with Crippen molar-refractivity contribution < 1.29 is 8.42 Å². The van der Waals surface area contributed by atoms with Crippen molar-refractivity contribution >= 4 is 43.2 Å². The summed E-state index contributed by atoms with van der Waals surface area (Å²) in [6, 6.07) is 12.2. The number of sulfonamides is 1. The lowest BCUT2D eigenvalue weighted by atomic mass is 10.2. The quantitative estimate of drug-likeness (QED) is 0.821. The maximum absolute atomic E-state index is 11.6. The third-order valence-corrected chi connectivity index (χ3v) is 5.21. The first kappa shape index (κ1) is 16.3. The van der Waals surface area contributed by atoms with Crippen molar-refractivity contribution in [1.82, 2.24) is 4.72 Å². The topological polar surface area (TPSA) is 58.2 Å². The Balaban J connectivity index is 2.07. The van der Waals surface area contributed by atoms with Gasteiger partial charge in [-0.1, -0.05) is 33.6 Å².